The number of hydrogen-bond acceptors (Lipinski definition) is 4. The molecule has 0 unspecified atom stereocenters. The van der Waals surface area contributed by atoms with Crippen LogP contribution in [0, 0.1) is 10.1 Å². The molecular weight excluding hydrogens is 368 g/mol. The van der Waals surface area contributed by atoms with E-state index in [-0.39, 0.29) is 28.3 Å². The standard InChI is InChI=1S/C19H21ClN4O3/c1-14(19(25)21-18-13-16(24(26)27)7-8-17(18)20)22-9-11-23(12-10-22)15-5-3-2-4-6-15/h2-8,13-14H,9-12H2,1H3,(H,21,25)/p+1/t14-/m0/s1. The second kappa shape index (κ2) is 8.37. The van der Waals surface area contributed by atoms with Gasteiger partial charge in [-0.25, -0.2) is 0 Å². The Bertz CT molecular complexity index is 823. The van der Waals surface area contributed by atoms with Crippen molar-refractivity contribution in [1.82, 2.24) is 0 Å². The molecule has 1 aliphatic rings. The fourth-order valence-electron chi connectivity index (χ4n) is 3.27. The van der Waals surface area contributed by atoms with Crippen molar-refractivity contribution in [3.8, 4) is 0 Å². The number of halogens is 1. The van der Waals surface area contributed by atoms with Crippen LogP contribution in [0.4, 0.5) is 17.1 Å². The molecule has 1 amide bonds. The SMILES string of the molecule is C[C@@H](C(=O)Nc1cc([N+](=O)[O-])ccc1Cl)[NH+]1CCN(c2ccccc2)CC1. The number of hydrogen-bond donors (Lipinski definition) is 2. The molecule has 0 bridgehead atoms. The van der Waals surface area contributed by atoms with E-state index in [0.29, 0.717) is 0 Å². The molecule has 3 rings (SSSR count). The van der Waals surface area contributed by atoms with Crippen molar-refractivity contribution >= 4 is 34.6 Å². The van der Waals surface area contributed by atoms with Crippen molar-refractivity contribution in [1.29, 1.82) is 0 Å². The fraction of sp³-hybridized carbons (Fsp3) is 0.316. The van der Waals surface area contributed by atoms with Crippen molar-refractivity contribution in [2.24, 2.45) is 0 Å². The molecule has 0 aromatic heterocycles. The van der Waals surface area contributed by atoms with Crippen LogP contribution in [0.3, 0.4) is 0 Å². The van der Waals surface area contributed by atoms with Gasteiger partial charge >= 0.3 is 0 Å². The van der Waals surface area contributed by atoms with Gasteiger partial charge in [0.25, 0.3) is 11.6 Å². The Kier molecular flexibility index (Phi) is 5.93. The summed E-state index contributed by atoms with van der Waals surface area (Å²) in [5.74, 6) is -0.194. The number of carbonyl (C=O) groups excluding carboxylic acids is 1. The second-order valence-electron chi connectivity index (χ2n) is 6.61. The third kappa shape index (κ3) is 4.56. The van der Waals surface area contributed by atoms with E-state index in [1.807, 2.05) is 25.1 Å². The highest BCUT2D eigenvalue weighted by Crippen LogP contribution is 2.26. The Morgan fingerprint density at radius 3 is 2.52 bits per heavy atom. The Labute approximate surface area is 162 Å². The first-order valence-corrected chi connectivity index (χ1v) is 9.23. The number of nitro groups is 1. The number of quaternary nitrogens is 1. The molecule has 27 heavy (non-hydrogen) atoms. The van der Waals surface area contributed by atoms with Crippen LogP contribution in [0.15, 0.2) is 48.5 Å². The Hall–Kier alpha value is -2.64. The number of carbonyl (C=O) groups is 1. The number of anilines is 2. The van der Waals surface area contributed by atoms with Crippen LogP contribution in [-0.2, 0) is 4.79 Å². The minimum absolute atomic E-state index is 0.105. The van der Waals surface area contributed by atoms with E-state index >= 15 is 0 Å². The molecule has 1 heterocycles. The van der Waals surface area contributed by atoms with Crippen molar-refractivity contribution in [3.63, 3.8) is 0 Å². The molecule has 2 aromatic rings. The molecule has 7 nitrogen and oxygen atoms in total. The average molecular weight is 390 g/mol. The third-order valence-corrected chi connectivity index (χ3v) is 5.28. The number of nitro benzene ring substituents is 1. The first-order valence-electron chi connectivity index (χ1n) is 8.85. The van der Waals surface area contributed by atoms with Crippen LogP contribution >= 0.6 is 11.6 Å². The zero-order chi connectivity index (χ0) is 19.4. The van der Waals surface area contributed by atoms with E-state index in [1.54, 1.807) is 0 Å². The lowest BCUT2D eigenvalue weighted by molar-refractivity contribution is -0.914. The fourth-order valence-corrected chi connectivity index (χ4v) is 3.44. The van der Waals surface area contributed by atoms with Gasteiger partial charge in [0.15, 0.2) is 6.04 Å². The summed E-state index contributed by atoms with van der Waals surface area (Å²) in [4.78, 5) is 26.5. The van der Waals surface area contributed by atoms with Crippen LogP contribution in [0.5, 0.6) is 0 Å². The molecule has 0 aliphatic carbocycles. The number of nitrogens with one attached hydrogen (secondary N) is 2. The van der Waals surface area contributed by atoms with E-state index < -0.39 is 4.92 Å². The Morgan fingerprint density at radius 2 is 1.89 bits per heavy atom. The van der Waals surface area contributed by atoms with E-state index in [1.165, 1.54) is 28.8 Å². The van der Waals surface area contributed by atoms with Gasteiger partial charge in [-0.3, -0.25) is 14.9 Å². The lowest BCUT2D eigenvalue weighted by Crippen LogP contribution is -3.19. The summed E-state index contributed by atoms with van der Waals surface area (Å²) in [6, 6.07) is 14.0. The van der Waals surface area contributed by atoms with Crippen LogP contribution in [0.1, 0.15) is 6.92 Å². The van der Waals surface area contributed by atoms with Crippen LogP contribution in [0.25, 0.3) is 0 Å². The van der Waals surface area contributed by atoms with Crippen LogP contribution in [0.2, 0.25) is 5.02 Å². The van der Waals surface area contributed by atoms with Gasteiger partial charge in [-0.15, -0.1) is 0 Å². The van der Waals surface area contributed by atoms with Gasteiger partial charge in [-0.05, 0) is 25.1 Å². The van der Waals surface area contributed by atoms with Crippen molar-refractivity contribution in [3.05, 3.63) is 63.7 Å². The number of benzene rings is 2. The molecule has 0 saturated carbocycles. The van der Waals surface area contributed by atoms with Gasteiger partial charge in [0.05, 0.1) is 41.8 Å². The smallest absolute Gasteiger partial charge is 0.282 e. The molecular formula is C19H22ClN4O3+. The highest BCUT2D eigenvalue weighted by atomic mass is 35.5. The molecule has 1 saturated heterocycles. The highest BCUT2D eigenvalue weighted by molar-refractivity contribution is 6.33. The second-order valence-corrected chi connectivity index (χ2v) is 7.02. The molecule has 8 heteroatoms. The molecule has 1 aliphatic heterocycles. The predicted molar refractivity (Wildman–Crippen MR) is 106 cm³/mol. The van der Waals surface area contributed by atoms with Crippen LogP contribution in [-0.4, -0.2) is 43.1 Å². The number of non-ortho nitro benzene ring substituents is 1. The molecule has 0 radical (unpaired) electrons. The molecule has 142 valence electrons. The topological polar surface area (TPSA) is 79.9 Å². The maximum Gasteiger partial charge on any atom is 0.282 e. The monoisotopic (exact) mass is 389 g/mol. The summed E-state index contributed by atoms with van der Waals surface area (Å²) in [5, 5.41) is 13.9. The zero-order valence-corrected chi connectivity index (χ0v) is 15.8. The normalized spacial score (nSPS) is 16.0. The van der Waals surface area contributed by atoms with Gasteiger partial charge in [-0.2, -0.15) is 0 Å². The van der Waals surface area contributed by atoms with Gasteiger partial charge in [0.2, 0.25) is 0 Å². The predicted octanol–water partition coefficient (Wildman–Crippen LogP) is 1.98. The molecule has 1 fully saturated rings. The number of para-hydroxylation sites is 1. The lowest BCUT2D eigenvalue weighted by atomic mass is 10.2. The highest BCUT2D eigenvalue weighted by Gasteiger charge is 2.29. The minimum atomic E-state index is -0.510. The first kappa shape index (κ1) is 19.1. The summed E-state index contributed by atoms with van der Waals surface area (Å²) < 4.78 is 0. The summed E-state index contributed by atoms with van der Waals surface area (Å²) in [5.41, 5.74) is 1.35. The molecule has 2 aromatic carbocycles. The summed E-state index contributed by atoms with van der Waals surface area (Å²) in [6.45, 7) is 5.29. The zero-order valence-electron chi connectivity index (χ0n) is 15.0. The van der Waals surface area contributed by atoms with Gasteiger partial charge in [0, 0.05) is 17.8 Å². The molecule has 1 atom stereocenters. The van der Waals surface area contributed by atoms with Crippen molar-refractivity contribution in [2.75, 3.05) is 36.4 Å². The lowest BCUT2D eigenvalue weighted by Gasteiger charge is -2.36. The number of rotatable bonds is 5. The van der Waals surface area contributed by atoms with E-state index in [4.69, 9.17) is 11.6 Å². The van der Waals surface area contributed by atoms with Gasteiger partial charge in [-0.1, -0.05) is 29.8 Å². The molecule has 2 N–H and O–H groups in total. The summed E-state index contributed by atoms with van der Waals surface area (Å²) in [7, 11) is 0. The van der Waals surface area contributed by atoms with Gasteiger partial charge in [0.1, 0.15) is 0 Å². The van der Waals surface area contributed by atoms with Gasteiger partial charge < -0.3 is 15.1 Å². The van der Waals surface area contributed by atoms with Crippen LogP contribution < -0.4 is 15.1 Å². The number of nitrogens with zero attached hydrogens (tertiary/aromatic N) is 2. The maximum atomic E-state index is 12.6. The largest absolute Gasteiger partial charge is 0.360 e. The third-order valence-electron chi connectivity index (χ3n) is 4.95. The van der Waals surface area contributed by atoms with E-state index in [9.17, 15) is 14.9 Å². The molecule has 0 spiro atoms. The average Bonchev–Trinajstić information content (AvgIpc) is 2.69. The number of piperazine rings is 1. The first-order chi connectivity index (χ1) is 13.0. The Balaban J connectivity index is 1.60. The minimum Gasteiger partial charge on any atom is -0.360 e. The maximum absolute atomic E-state index is 12.6. The number of amides is 1. The van der Waals surface area contributed by atoms with E-state index in [0.717, 1.165) is 26.2 Å². The van der Waals surface area contributed by atoms with E-state index in [2.05, 4.69) is 22.3 Å². The van der Waals surface area contributed by atoms with Crippen molar-refractivity contribution < 1.29 is 14.6 Å². The van der Waals surface area contributed by atoms with Crippen molar-refractivity contribution in [2.45, 2.75) is 13.0 Å². The Morgan fingerprint density at radius 1 is 1.22 bits per heavy atom. The quantitative estimate of drug-likeness (QED) is 0.605. The summed E-state index contributed by atoms with van der Waals surface area (Å²) >= 11 is 6.07. The summed E-state index contributed by atoms with van der Waals surface area (Å²) in [6.07, 6.45) is 0.